The second kappa shape index (κ2) is 13.3. The number of nitrogens with zero attached hydrogens (tertiary/aromatic N) is 3. The molecule has 3 aromatic carbocycles. The summed E-state index contributed by atoms with van der Waals surface area (Å²) in [6.07, 6.45) is 3.17. The standard InChI is InChI=1S/C36H32N6O6/c43-27-8-6-23(7-9-27)30-16-31(41-40-30)36(46)42-13-12-33-32(20-42)39-35(45)26-14-25(18-37-19-26)24-2-1-3-29(15-24)47-21-34(44)38-17-22-4-10-28(48-33)11-5-22/h1-11,14-16,18-19,32-33,43H,12-13,17,20-21H2,(H,38,44)(H,39,45)(H,40,41)/t32-,33+/m1/s1. The van der Waals surface area contributed by atoms with Gasteiger partial charge in [-0.25, -0.2) is 0 Å². The predicted molar refractivity (Wildman–Crippen MR) is 175 cm³/mol. The second-order valence-corrected chi connectivity index (χ2v) is 11.7. The summed E-state index contributed by atoms with van der Waals surface area (Å²) >= 11 is 0. The number of hydrogen-bond acceptors (Lipinski definition) is 8. The van der Waals surface area contributed by atoms with E-state index in [1.807, 2.05) is 36.4 Å². The molecule has 1 saturated heterocycles. The number of likely N-dealkylation sites (tertiary alicyclic amines) is 1. The summed E-state index contributed by atoms with van der Waals surface area (Å²) in [7, 11) is 0. The van der Waals surface area contributed by atoms with Gasteiger partial charge in [-0.05, 0) is 71.8 Å². The number of benzene rings is 3. The maximum absolute atomic E-state index is 13.7. The van der Waals surface area contributed by atoms with Crippen LogP contribution in [0, 0.1) is 0 Å². The third-order valence-corrected chi connectivity index (χ3v) is 8.36. The van der Waals surface area contributed by atoms with Crippen molar-refractivity contribution in [2.45, 2.75) is 25.1 Å². The van der Waals surface area contributed by atoms with E-state index in [9.17, 15) is 19.5 Å². The van der Waals surface area contributed by atoms with Crippen LogP contribution in [0.2, 0.25) is 0 Å². The minimum atomic E-state index is -0.556. The van der Waals surface area contributed by atoms with Crippen LogP contribution >= 0.6 is 0 Å². The van der Waals surface area contributed by atoms with Crippen LogP contribution in [0.3, 0.4) is 0 Å². The van der Waals surface area contributed by atoms with Crippen molar-refractivity contribution < 1.29 is 29.0 Å². The number of piperidine rings is 1. The summed E-state index contributed by atoms with van der Waals surface area (Å²) in [4.78, 5) is 45.8. The van der Waals surface area contributed by atoms with Crippen LogP contribution in [0.1, 0.15) is 32.8 Å². The molecule has 3 aliphatic heterocycles. The first-order chi connectivity index (χ1) is 23.4. The van der Waals surface area contributed by atoms with E-state index in [1.54, 1.807) is 59.6 Å². The number of amides is 3. The zero-order valence-electron chi connectivity index (χ0n) is 25.8. The van der Waals surface area contributed by atoms with Gasteiger partial charge in [0.25, 0.3) is 17.7 Å². The molecular formula is C36H32N6O6. The number of fused-ring (bicyclic) bond motifs is 7. The van der Waals surface area contributed by atoms with E-state index < -0.39 is 12.1 Å². The van der Waals surface area contributed by atoms with Gasteiger partial charge in [-0.2, -0.15) is 5.10 Å². The quantitative estimate of drug-likeness (QED) is 0.225. The Labute approximate surface area is 275 Å². The van der Waals surface area contributed by atoms with Crippen molar-refractivity contribution in [1.82, 2.24) is 30.7 Å². The Kier molecular flexibility index (Phi) is 8.44. The molecule has 0 saturated carbocycles. The molecule has 5 aromatic rings. The average Bonchev–Trinajstić information content (AvgIpc) is 3.61. The lowest BCUT2D eigenvalue weighted by Gasteiger charge is -2.38. The van der Waals surface area contributed by atoms with Gasteiger partial charge < -0.3 is 30.1 Å². The van der Waals surface area contributed by atoms with Gasteiger partial charge in [0.1, 0.15) is 29.0 Å². The maximum atomic E-state index is 13.7. The predicted octanol–water partition coefficient (Wildman–Crippen LogP) is 3.95. The zero-order chi connectivity index (χ0) is 33.0. The number of rotatable bonds is 2. The normalized spacial score (nSPS) is 18.0. The van der Waals surface area contributed by atoms with Crippen LogP contribution in [-0.2, 0) is 11.3 Å². The summed E-state index contributed by atoms with van der Waals surface area (Å²) in [5.74, 6) is 0.369. The van der Waals surface area contributed by atoms with E-state index >= 15 is 0 Å². The fourth-order valence-electron chi connectivity index (χ4n) is 5.78. The number of aromatic nitrogens is 3. The molecule has 0 unspecified atom stereocenters. The first-order valence-electron chi connectivity index (χ1n) is 15.5. The molecule has 1 fully saturated rings. The fourth-order valence-corrected chi connectivity index (χ4v) is 5.78. The van der Waals surface area contributed by atoms with Crippen LogP contribution in [0.5, 0.6) is 17.2 Å². The summed E-state index contributed by atoms with van der Waals surface area (Å²) in [6, 6.07) is 24.0. The minimum absolute atomic E-state index is 0.138. The van der Waals surface area contributed by atoms with Crippen LogP contribution < -0.4 is 20.1 Å². The molecule has 6 bridgehead atoms. The van der Waals surface area contributed by atoms with Gasteiger partial charge in [0.2, 0.25) is 0 Å². The molecule has 4 N–H and O–H groups in total. The van der Waals surface area contributed by atoms with Crippen LogP contribution in [0.15, 0.2) is 97.3 Å². The number of nitrogens with one attached hydrogen (secondary N) is 3. The molecule has 12 heteroatoms. The monoisotopic (exact) mass is 644 g/mol. The van der Waals surface area contributed by atoms with E-state index in [0.29, 0.717) is 53.5 Å². The first kappa shape index (κ1) is 30.5. The first-order valence-corrected chi connectivity index (χ1v) is 15.5. The number of H-pyrrole nitrogens is 1. The molecule has 3 aliphatic rings. The number of pyridine rings is 1. The largest absolute Gasteiger partial charge is 0.508 e. The molecule has 2 atom stereocenters. The summed E-state index contributed by atoms with van der Waals surface area (Å²) < 4.78 is 12.1. The number of carbonyl (C=O) groups excluding carboxylic acids is 3. The third-order valence-electron chi connectivity index (χ3n) is 8.36. The summed E-state index contributed by atoms with van der Waals surface area (Å²) in [5, 5.41) is 22.7. The number of phenolic OH excluding ortho intramolecular Hbond substituents is 1. The highest BCUT2D eigenvalue weighted by Gasteiger charge is 2.35. The second-order valence-electron chi connectivity index (χ2n) is 11.7. The van der Waals surface area contributed by atoms with Gasteiger partial charge in [-0.3, -0.25) is 24.5 Å². The van der Waals surface area contributed by atoms with Gasteiger partial charge in [0.05, 0.1) is 17.3 Å². The van der Waals surface area contributed by atoms with Gasteiger partial charge in [0.15, 0.2) is 6.61 Å². The number of aromatic hydroxyl groups is 1. The highest BCUT2D eigenvalue weighted by Crippen LogP contribution is 2.26. The highest BCUT2D eigenvalue weighted by molar-refractivity contribution is 5.96. The Bertz CT molecular complexity index is 1960. The number of aromatic amines is 1. The lowest BCUT2D eigenvalue weighted by atomic mass is 10.00. The van der Waals surface area contributed by atoms with Crippen molar-refractivity contribution in [3.63, 3.8) is 0 Å². The number of ether oxygens (including phenoxy) is 2. The summed E-state index contributed by atoms with van der Waals surface area (Å²) in [5.41, 5.74) is 4.32. The molecule has 0 aliphatic carbocycles. The Morgan fingerprint density at radius 1 is 0.875 bits per heavy atom. The molecular weight excluding hydrogens is 612 g/mol. The van der Waals surface area contributed by atoms with Gasteiger partial charge >= 0.3 is 0 Å². The third kappa shape index (κ3) is 6.82. The lowest BCUT2D eigenvalue weighted by molar-refractivity contribution is -0.123. The van der Waals surface area contributed by atoms with Crippen molar-refractivity contribution in [1.29, 1.82) is 0 Å². The minimum Gasteiger partial charge on any atom is -0.508 e. The van der Waals surface area contributed by atoms with E-state index in [4.69, 9.17) is 9.47 Å². The van der Waals surface area contributed by atoms with Gasteiger partial charge in [-0.1, -0.05) is 24.3 Å². The topological polar surface area (TPSA) is 159 Å². The van der Waals surface area contributed by atoms with Crippen molar-refractivity contribution in [3.05, 3.63) is 114 Å². The Morgan fingerprint density at radius 2 is 1.69 bits per heavy atom. The van der Waals surface area contributed by atoms with Gasteiger partial charge in [-0.15, -0.1) is 0 Å². The summed E-state index contributed by atoms with van der Waals surface area (Å²) in [6.45, 7) is 0.762. The number of phenols is 1. The molecule has 0 spiro atoms. The van der Waals surface area contributed by atoms with Crippen LogP contribution in [-0.4, -0.2) is 74.8 Å². The van der Waals surface area contributed by atoms with Gasteiger partial charge in [0, 0.05) is 49.6 Å². The van der Waals surface area contributed by atoms with Crippen molar-refractivity contribution in [3.8, 4) is 39.6 Å². The van der Waals surface area contributed by atoms with E-state index in [0.717, 1.165) is 16.7 Å². The molecule has 242 valence electrons. The molecule has 8 rings (SSSR count). The molecule has 12 nitrogen and oxygen atoms in total. The van der Waals surface area contributed by atoms with Crippen molar-refractivity contribution in [2.75, 3.05) is 19.7 Å². The Hall–Kier alpha value is -6.17. The van der Waals surface area contributed by atoms with Crippen LogP contribution in [0.4, 0.5) is 0 Å². The number of hydrogen-bond donors (Lipinski definition) is 4. The van der Waals surface area contributed by atoms with Crippen molar-refractivity contribution in [2.24, 2.45) is 0 Å². The SMILES string of the molecule is O=C1COc2cccc(c2)-c2cncc(c2)C(=O)N[C@@H]2CN(C(=O)c3cc(-c4ccc(O)cc4)n[nH]3)CC[C@@H]2Oc2ccc(cc2)CN1. The Balaban J connectivity index is 1.16. The van der Waals surface area contributed by atoms with E-state index in [1.165, 1.54) is 6.20 Å². The zero-order valence-corrected chi connectivity index (χ0v) is 25.8. The molecule has 2 aromatic heterocycles. The fraction of sp³-hybridized carbons (Fsp3) is 0.194. The van der Waals surface area contributed by atoms with E-state index in [-0.39, 0.29) is 36.6 Å². The molecule has 48 heavy (non-hydrogen) atoms. The molecule has 3 amide bonds. The highest BCUT2D eigenvalue weighted by atomic mass is 16.5. The van der Waals surface area contributed by atoms with E-state index in [2.05, 4.69) is 25.8 Å². The van der Waals surface area contributed by atoms with Crippen molar-refractivity contribution >= 4 is 17.7 Å². The smallest absolute Gasteiger partial charge is 0.271 e. The lowest BCUT2D eigenvalue weighted by Crippen LogP contribution is -2.58. The number of carbonyl (C=O) groups is 3. The molecule has 0 radical (unpaired) electrons. The molecule has 5 heterocycles. The maximum Gasteiger partial charge on any atom is 0.271 e. The Morgan fingerprint density at radius 3 is 2.52 bits per heavy atom. The van der Waals surface area contributed by atoms with Crippen LogP contribution in [0.25, 0.3) is 22.4 Å². The average molecular weight is 645 g/mol.